The number of aliphatic hydroxyl groups is 2. The quantitative estimate of drug-likeness (QED) is 0.728. The molecule has 0 bridgehead atoms. The van der Waals surface area contributed by atoms with Crippen LogP contribution in [0.5, 0.6) is 0 Å². The minimum atomic E-state index is -0.194. The van der Waals surface area contributed by atoms with Crippen LogP contribution in [0.2, 0.25) is 0 Å². The predicted octanol–water partition coefficient (Wildman–Crippen LogP) is 1.73. The maximum absolute atomic E-state index is 12.3. The Hall–Kier alpha value is -2.37. The molecule has 2 aromatic rings. The summed E-state index contributed by atoms with van der Waals surface area (Å²) in [4.78, 5) is 14.1. The number of amides is 1. The van der Waals surface area contributed by atoms with Crippen molar-refractivity contribution in [2.24, 2.45) is 0 Å². The Kier molecular flexibility index (Phi) is 5.94. The molecular formula is C17H20N2O3. The molecule has 22 heavy (non-hydrogen) atoms. The lowest BCUT2D eigenvalue weighted by Gasteiger charge is -2.23. The normalized spacial score (nSPS) is 10.3. The minimum Gasteiger partial charge on any atom is -0.395 e. The highest BCUT2D eigenvalue weighted by Gasteiger charge is 2.10. The Morgan fingerprint density at radius 2 is 1.64 bits per heavy atom. The molecule has 0 atom stereocenters. The summed E-state index contributed by atoms with van der Waals surface area (Å²) >= 11 is 0. The second kappa shape index (κ2) is 8.17. The summed E-state index contributed by atoms with van der Waals surface area (Å²) < 4.78 is 0. The van der Waals surface area contributed by atoms with Gasteiger partial charge in [0.15, 0.2) is 0 Å². The number of rotatable bonds is 7. The van der Waals surface area contributed by atoms with Crippen LogP contribution < -0.4 is 10.2 Å². The third-order valence-electron chi connectivity index (χ3n) is 3.24. The van der Waals surface area contributed by atoms with Crippen LogP contribution in [0.4, 0.5) is 11.4 Å². The average Bonchev–Trinajstić information content (AvgIpc) is 2.56. The number of carbonyl (C=O) groups is 1. The Morgan fingerprint density at radius 3 is 2.27 bits per heavy atom. The van der Waals surface area contributed by atoms with Gasteiger partial charge < -0.3 is 20.4 Å². The summed E-state index contributed by atoms with van der Waals surface area (Å²) in [5, 5.41) is 21.0. The van der Waals surface area contributed by atoms with Gasteiger partial charge in [0.25, 0.3) is 5.91 Å². The molecule has 0 spiro atoms. The Balaban J connectivity index is 2.14. The standard InChI is InChI=1S/C17H20N2O3/c20-11-9-19(10-12-21)16-8-4-5-14(13-16)17(22)18-15-6-2-1-3-7-15/h1-8,13,20-21H,9-12H2,(H,18,22). The summed E-state index contributed by atoms with van der Waals surface area (Å²) in [5.41, 5.74) is 2.06. The monoisotopic (exact) mass is 300 g/mol. The van der Waals surface area contributed by atoms with E-state index in [1.54, 1.807) is 18.2 Å². The predicted molar refractivity (Wildman–Crippen MR) is 87.2 cm³/mol. The van der Waals surface area contributed by atoms with Gasteiger partial charge in [0, 0.05) is 30.0 Å². The number of anilines is 2. The van der Waals surface area contributed by atoms with Crippen molar-refractivity contribution in [3.05, 3.63) is 60.2 Å². The van der Waals surface area contributed by atoms with Crippen LogP contribution in [0.15, 0.2) is 54.6 Å². The Labute approximate surface area is 129 Å². The molecule has 5 heteroatoms. The average molecular weight is 300 g/mol. The van der Waals surface area contributed by atoms with Gasteiger partial charge in [-0.1, -0.05) is 24.3 Å². The van der Waals surface area contributed by atoms with Gasteiger partial charge in [-0.15, -0.1) is 0 Å². The van der Waals surface area contributed by atoms with Crippen molar-refractivity contribution in [2.75, 3.05) is 36.5 Å². The molecular weight excluding hydrogens is 280 g/mol. The molecule has 0 aliphatic heterocycles. The molecule has 0 fully saturated rings. The molecule has 0 saturated carbocycles. The van der Waals surface area contributed by atoms with Crippen molar-refractivity contribution >= 4 is 17.3 Å². The van der Waals surface area contributed by atoms with Crippen LogP contribution in [0.25, 0.3) is 0 Å². The van der Waals surface area contributed by atoms with Crippen LogP contribution >= 0.6 is 0 Å². The van der Waals surface area contributed by atoms with Crippen LogP contribution in [0.3, 0.4) is 0 Å². The van der Waals surface area contributed by atoms with Crippen LogP contribution in [0.1, 0.15) is 10.4 Å². The highest BCUT2D eigenvalue weighted by molar-refractivity contribution is 6.04. The zero-order valence-electron chi connectivity index (χ0n) is 12.3. The number of benzene rings is 2. The molecule has 0 saturated heterocycles. The van der Waals surface area contributed by atoms with E-state index in [0.29, 0.717) is 18.7 Å². The first-order chi connectivity index (χ1) is 10.7. The zero-order valence-corrected chi connectivity index (χ0v) is 12.3. The SMILES string of the molecule is O=C(Nc1ccccc1)c1cccc(N(CCO)CCO)c1. The second-order valence-corrected chi connectivity index (χ2v) is 4.80. The third kappa shape index (κ3) is 4.31. The minimum absolute atomic E-state index is 0.0135. The van der Waals surface area contributed by atoms with Crippen molar-refractivity contribution in [1.82, 2.24) is 0 Å². The fourth-order valence-electron chi connectivity index (χ4n) is 2.18. The molecule has 0 aliphatic rings. The van der Waals surface area contributed by atoms with Gasteiger partial charge in [-0.2, -0.15) is 0 Å². The van der Waals surface area contributed by atoms with E-state index in [4.69, 9.17) is 10.2 Å². The zero-order chi connectivity index (χ0) is 15.8. The summed E-state index contributed by atoms with van der Waals surface area (Å²) in [6.45, 7) is 0.787. The fourth-order valence-corrected chi connectivity index (χ4v) is 2.18. The van der Waals surface area contributed by atoms with Gasteiger partial charge in [-0.3, -0.25) is 4.79 Å². The van der Waals surface area contributed by atoms with Gasteiger partial charge in [-0.25, -0.2) is 0 Å². The highest BCUT2D eigenvalue weighted by atomic mass is 16.3. The summed E-state index contributed by atoms with van der Waals surface area (Å²) in [6, 6.07) is 16.4. The first-order valence-electron chi connectivity index (χ1n) is 7.17. The summed E-state index contributed by atoms with van der Waals surface area (Å²) in [6.07, 6.45) is 0. The van der Waals surface area contributed by atoms with E-state index in [2.05, 4.69) is 5.32 Å². The summed E-state index contributed by atoms with van der Waals surface area (Å²) in [7, 11) is 0. The van der Waals surface area contributed by atoms with E-state index in [1.807, 2.05) is 41.3 Å². The highest BCUT2D eigenvalue weighted by Crippen LogP contribution is 2.17. The van der Waals surface area contributed by atoms with E-state index in [1.165, 1.54) is 0 Å². The number of nitrogens with one attached hydrogen (secondary N) is 1. The van der Waals surface area contributed by atoms with Gasteiger partial charge in [0.1, 0.15) is 0 Å². The summed E-state index contributed by atoms with van der Waals surface area (Å²) in [5.74, 6) is -0.194. The first kappa shape index (κ1) is 16.0. The number of hydrogen-bond acceptors (Lipinski definition) is 4. The van der Waals surface area contributed by atoms with Gasteiger partial charge in [-0.05, 0) is 30.3 Å². The maximum Gasteiger partial charge on any atom is 0.255 e. The molecule has 116 valence electrons. The molecule has 1 amide bonds. The second-order valence-electron chi connectivity index (χ2n) is 4.80. The van der Waals surface area contributed by atoms with Crippen LogP contribution in [0, 0.1) is 0 Å². The smallest absolute Gasteiger partial charge is 0.255 e. The van der Waals surface area contributed by atoms with E-state index >= 15 is 0 Å². The number of carbonyl (C=O) groups excluding carboxylic acids is 1. The molecule has 2 rings (SSSR count). The van der Waals surface area contributed by atoms with Crippen LogP contribution in [-0.4, -0.2) is 42.4 Å². The van der Waals surface area contributed by atoms with Crippen molar-refractivity contribution in [3.8, 4) is 0 Å². The molecule has 0 radical (unpaired) electrons. The lowest BCUT2D eigenvalue weighted by Crippen LogP contribution is -2.29. The Bertz CT molecular complexity index is 596. The largest absolute Gasteiger partial charge is 0.395 e. The first-order valence-corrected chi connectivity index (χ1v) is 7.17. The van der Waals surface area contributed by atoms with Crippen LogP contribution in [-0.2, 0) is 0 Å². The fraction of sp³-hybridized carbons (Fsp3) is 0.235. The molecule has 0 heterocycles. The number of hydrogen-bond donors (Lipinski definition) is 3. The number of para-hydroxylation sites is 1. The molecule has 2 aromatic carbocycles. The Morgan fingerprint density at radius 1 is 0.955 bits per heavy atom. The van der Waals surface area contributed by atoms with Crippen molar-refractivity contribution < 1.29 is 15.0 Å². The van der Waals surface area contributed by atoms with Crippen molar-refractivity contribution in [1.29, 1.82) is 0 Å². The molecule has 3 N–H and O–H groups in total. The molecule has 5 nitrogen and oxygen atoms in total. The van der Waals surface area contributed by atoms with E-state index < -0.39 is 0 Å². The van der Waals surface area contributed by atoms with E-state index in [9.17, 15) is 4.79 Å². The van der Waals surface area contributed by atoms with E-state index in [-0.39, 0.29) is 19.1 Å². The van der Waals surface area contributed by atoms with Gasteiger partial charge in [0.2, 0.25) is 0 Å². The lowest BCUT2D eigenvalue weighted by molar-refractivity contribution is 0.102. The maximum atomic E-state index is 12.3. The topological polar surface area (TPSA) is 72.8 Å². The number of aliphatic hydroxyl groups excluding tert-OH is 2. The van der Waals surface area contributed by atoms with Gasteiger partial charge in [0.05, 0.1) is 13.2 Å². The third-order valence-corrected chi connectivity index (χ3v) is 3.24. The van der Waals surface area contributed by atoms with Gasteiger partial charge >= 0.3 is 0 Å². The van der Waals surface area contributed by atoms with Crippen molar-refractivity contribution in [3.63, 3.8) is 0 Å². The molecule has 0 unspecified atom stereocenters. The van der Waals surface area contributed by atoms with E-state index in [0.717, 1.165) is 11.4 Å². The lowest BCUT2D eigenvalue weighted by atomic mass is 10.1. The molecule has 0 aliphatic carbocycles. The number of nitrogens with zero attached hydrogens (tertiary/aromatic N) is 1. The van der Waals surface area contributed by atoms with Crippen molar-refractivity contribution in [2.45, 2.75) is 0 Å². The molecule has 0 aromatic heterocycles.